The first-order valence-electron chi connectivity index (χ1n) is 6.24. The van der Waals surface area contributed by atoms with Gasteiger partial charge in [0.2, 0.25) is 11.6 Å². The maximum atomic E-state index is 13.8. The molecular formula is C13H13FN4O3. The summed E-state index contributed by atoms with van der Waals surface area (Å²) in [6, 6.07) is 3.47. The highest BCUT2D eigenvalue weighted by Gasteiger charge is 2.22. The van der Waals surface area contributed by atoms with E-state index in [1.165, 1.54) is 6.07 Å². The van der Waals surface area contributed by atoms with Gasteiger partial charge >= 0.3 is 5.69 Å². The lowest BCUT2D eigenvalue weighted by atomic mass is 10.2. The smallest absolute Gasteiger partial charge is 0.314 e. The van der Waals surface area contributed by atoms with Crippen molar-refractivity contribution in [2.24, 2.45) is 0 Å². The van der Waals surface area contributed by atoms with Crippen LogP contribution in [0.15, 0.2) is 24.5 Å². The Morgan fingerprint density at radius 3 is 2.86 bits per heavy atom. The summed E-state index contributed by atoms with van der Waals surface area (Å²) in [7, 11) is 0. The Balaban J connectivity index is 2.48. The van der Waals surface area contributed by atoms with Crippen molar-refractivity contribution in [3.05, 3.63) is 46.0 Å². The predicted molar refractivity (Wildman–Crippen MR) is 73.6 cm³/mol. The Labute approximate surface area is 119 Å². The number of nitro groups is 1. The van der Waals surface area contributed by atoms with Crippen molar-refractivity contribution >= 4 is 11.5 Å². The van der Waals surface area contributed by atoms with E-state index in [4.69, 9.17) is 10.5 Å². The second kappa shape index (κ2) is 6.12. The largest absolute Gasteiger partial charge is 0.428 e. The molecule has 0 bridgehead atoms. The van der Waals surface area contributed by atoms with Crippen LogP contribution in [0, 0.1) is 15.9 Å². The van der Waals surface area contributed by atoms with Crippen LogP contribution in [-0.4, -0.2) is 14.9 Å². The standard InChI is InChI=1S/C13H13FN4O3/c1-2-4-8-12(15)16-7-17-13(8)21-11-9(14)5-3-6-10(11)18(19)20/h3,5-7H,2,4H2,1H3,(H2,15,16,17). The summed E-state index contributed by atoms with van der Waals surface area (Å²) in [5.74, 6) is -1.10. The number of aromatic nitrogens is 2. The normalized spacial score (nSPS) is 10.4. The van der Waals surface area contributed by atoms with Crippen LogP contribution in [0.3, 0.4) is 0 Å². The first kappa shape index (κ1) is 14.6. The maximum Gasteiger partial charge on any atom is 0.314 e. The van der Waals surface area contributed by atoms with Crippen LogP contribution in [0.4, 0.5) is 15.9 Å². The molecule has 0 aliphatic carbocycles. The summed E-state index contributed by atoms with van der Waals surface area (Å²) < 4.78 is 19.1. The number of para-hydroxylation sites is 1. The SMILES string of the molecule is CCCc1c(N)ncnc1Oc1c(F)cccc1[N+](=O)[O-]. The molecule has 1 heterocycles. The molecule has 0 saturated carbocycles. The highest BCUT2D eigenvalue weighted by Crippen LogP contribution is 2.35. The molecule has 1 aromatic carbocycles. The number of rotatable bonds is 5. The summed E-state index contributed by atoms with van der Waals surface area (Å²) in [6.07, 6.45) is 2.42. The van der Waals surface area contributed by atoms with E-state index in [1.54, 1.807) is 0 Å². The Kier molecular flexibility index (Phi) is 4.27. The second-order valence-electron chi connectivity index (χ2n) is 4.24. The van der Waals surface area contributed by atoms with Crippen molar-refractivity contribution in [1.29, 1.82) is 0 Å². The average molecular weight is 292 g/mol. The van der Waals surface area contributed by atoms with Crippen molar-refractivity contribution in [3.8, 4) is 11.6 Å². The average Bonchev–Trinajstić information content (AvgIpc) is 2.44. The third kappa shape index (κ3) is 3.04. The number of nitrogens with two attached hydrogens (primary N) is 1. The van der Waals surface area contributed by atoms with Crippen molar-refractivity contribution in [1.82, 2.24) is 9.97 Å². The lowest BCUT2D eigenvalue weighted by Crippen LogP contribution is -2.04. The minimum atomic E-state index is -0.844. The molecule has 1 aromatic heterocycles. The van der Waals surface area contributed by atoms with Gasteiger partial charge in [-0.15, -0.1) is 0 Å². The van der Waals surface area contributed by atoms with E-state index in [2.05, 4.69) is 9.97 Å². The number of halogens is 1. The molecule has 8 heteroatoms. The van der Waals surface area contributed by atoms with Gasteiger partial charge in [0.1, 0.15) is 12.1 Å². The minimum Gasteiger partial charge on any atom is -0.428 e. The zero-order chi connectivity index (χ0) is 15.4. The van der Waals surface area contributed by atoms with Crippen LogP contribution in [-0.2, 0) is 6.42 Å². The van der Waals surface area contributed by atoms with Crippen LogP contribution in [0.25, 0.3) is 0 Å². The first-order valence-corrected chi connectivity index (χ1v) is 6.24. The molecular weight excluding hydrogens is 279 g/mol. The number of nitro benzene ring substituents is 1. The van der Waals surface area contributed by atoms with E-state index in [-0.39, 0.29) is 11.7 Å². The van der Waals surface area contributed by atoms with Crippen molar-refractivity contribution in [3.63, 3.8) is 0 Å². The van der Waals surface area contributed by atoms with Gasteiger partial charge in [-0.2, -0.15) is 0 Å². The maximum absolute atomic E-state index is 13.8. The molecule has 0 spiro atoms. The Hall–Kier alpha value is -2.77. The molecule has 0 fully saturated rings. The predicted octanol–water partition coefficient (Wildman–Crippen LogP) is 2.85. The zero-order valence-electron chi connectivity index (χ0n) is 11.2. The molecule has 0 radical (unpaired) electrons. The molecule has 0 aliphatic rings. The molecule has 110 valence electrons. The van der Waals surface area contributed by atoms with Crippen molar-refractivity contribution < 1.29 is 14.1 Å². The lowest BCUT2D eigenvalue weighted by Gasteiger charge is -2.11. The van der Waals surface area contributed by atoms with Gasteiger partial charge in [0, 0.05) is 6.07 Å². The summed E-state index contributed by atoms with van der Waals surface area (Å²) in [5.41, 5.74) is 5.76. The number of hydrogen-bond acceptors (Lipinski definition) is 6. The number of nitrogen functional groups attached to an aromatic ring is 1. The highest BCUT2D eigenvalue weighted by atomic mass is 19.1. The van der Waals surface area contributed by atoms with Gasteiger partial charge in [0.15, 0.2) is 5.82 Å². The summed E-state index contributed by atoms with van der Waals surface area (Å²) in [6.45, 7) is 1.92. The van der Waals surface area contributed by atoms with Gasteiger partial charge in [-0.3, -0.25) is 10.1 Å². The monoisotopic (exact) mass is 292 g/mol. The second-order valence-corrected chi connectivity index (χ2v) is 4.24. The van der Waals surface area contributed by atoms with Gasteiger partial charge in [-0.1, -0.05) is 19.4 Å². The molecule has 2 aromatic rings. The van der Waals surface area contributed by atoms with Gasteiger partial charge in [0.25, 0.3) is 0 Å². The third-order valence-corrected chi connectivity index (χ3v) is 2.78. The minimum absolute atomic E-state index is 0.0255. The van der Waals surface area contributed by atoms with Crippen LogP contribution in [0.2, 0.25) is 0 Å². The van der Waals surface area contributed by atoms with Crippen LogP contribution in [0.5, 0.6) is 11.6 Å². The van der Waals surface area contributed by atoms with E-state index >= 15 is 0 Å². The zero-order valence-corrected chi connectivity index (χ0v) is 11.2. The molecule has 21 heavy (non-hydrogen) atoms. The van der Waals surface area contributed by atoms with Gasteiger partial charge in [-0.05, 0) is 12.5 Å². The molecule has 2 rings (SSSR count). The summed E-state index contributed by atoms with van der Waals surface area (Å²) >= 11 is 0. The van der Waals surface area contributed by atoms with E-state index in [0.29, 0.717) is 12.0 Å². The molecule has 0 saturated heterocycles. The fourth-order valence-corrected chi connectivity index (χ4v) is 1.82. The van der Waals surface area contributed by atoms with Gasteiger partial charge in [0.05, 0.1) is 10.5 Å². The fourth-order valence-electron chi connectivity index (χ4n) is 1.82. The molecule has 0 amide bonds. The lowest BCUT2D eigenvalue weighted by molar-refractivity contribution is -0.385. The van der Waals surface area contributed by atoms with E-state index in [1.807, 2.05) is 6.92 Å². The number of hydrogen-bond donors (Lipinski definition) is 1. The van der Waals surface area contributed by atoms with Gasteiger partial charge < -0.3 is 10.5 Å². The Morgan fingerprint density at radius 1 is 1.43 bits per heavy atom. The molecule has 2 N–H and O–H groups in total. The highest BCUT2D eigenvalue weighted by molar-refractivity contribution is 5.51. The van der Waals surface area contributed by atoms with E-state index in [9.17, 15) is 14.5 Å². The number of benzene rings is 1. The summed E-state index contributed by atoms with van der Waals surface area (Å²) in [5, 5.41) is 10.9. The van der Waals surface area contributed by atoms with E-state index < -0.39 is 22.2 Å². The van der Waals surface area contributed by atoms with Gasteiger partial charge in [-0.25, -0.2) is 14.4 Å². The fraction of sp³-hybridized carbons (Fsp3) is 0.231. The van der Waals surface area contributed by atoms with Crippen LogP contribution < -0.4 is 10.5 Å². The third-order valence-electron chi connectivity index (χ3n) is 2.78. The summed E-state index contributed by atoms with van der Waals surface area (Å²) in [4.78, 5) is 18.0. The number of nitrogens with zero attached hydrogens (tertiary/aromatic N) is 3. The molecule has 0 atom stereocenters. The van der Waals surface area contributed by atoms with Crippen molar-refractivity contribution in [2.45, 2.75) is 19.8 Å². The van der Waals surface area contributed by atoms with Crippen LogP contribution >= 0.6 is 0 Å². The van der Waals surface area contributed by atoms with Crippen molar-refractivity contribution in [2.75, 3.05) is 5.73 Å². The Bertz CT molecular complexity index is 678. The topological polar surface area (TPSA) is 104 Å². The van der Waals surface area contributed by atoms with E-state index in [0.717, 1.165) is 24.9 Å². The number of anilines is 1. The quantitative estimate of drug-likeness (QED) is 0.671. The Morgan fingerprint density at radius 2 is 2.19 bits per heavy atom. The molecule has 7 nitrogen and oxygen atoms in total. The molecule has 0 aliphatic heterocycles. The first-order chi connectivity index (χ1) is 10.0. The van der Waals surface area contributed by atoms with Crippen LogP contribution in [0.1, 0.15) is 18.9 Å². The molecule has 0 unspecified atom stereocenters. The number of ether oxygens (including phenoxy) is 1.